The molecule has 0 amide bonds. The fourth-order valence-corrected chi connectivity index (χ4v) is 2.66. The summed E-state index contributed by atoms with van der Waals surface area (Å²) in [5, 5.41) is 0. The number of rotatable bonds is 2. The first-order valence-corrected chi connectivity index (χ1v) is 6.24. The van der Waals surface area contributed by atoms with Crippen LogP contribution in [0.25, 0.3) is 0 Å². The Hall–Kier alpha value is -0.955. The van der Waals surface area contributed by atoms with Crippen molar-refractivity contribution >= 4 is 12.4 Å². The van der Waals surface area contributed by atoms with Gasteiger partial charge in [0.05, 0.1) is 12.7 Å². The van der Waals surface area contributed by atoms with Gasteiger partial charge in [0.1, 0.15) is 5.75 Å². The van der Waals surface area contributed by atoms with E-state index in [4.69, 9.17) is 9.39 Å². The molecule has 1 heterocycles. The van der Waals surface area contributed by atoms with E-state index in [2.05, 4.69) is 25.0 Å². The molecule has 0 saturated heterocycles. The van der Waals surface area contributed by atoms with Gasteiger partial charge in [0.25, 0.3) is 0 Å². The Labute approximate surface area is 97.1 Å². The summed E-state index contributed by atoms with van der Waals surface area (Å²) in [5.74, 6) is 1.02. The molecule has 1 aromatic rings. The molecule has 0 spiro atoms. The van der Waals surface area contributed by atoms with E-state index in [1.807, 2.05) is 0 Å². The van der Waals surface area contributed by atoms with Crippen molar-refractivity contribution in [3.63, 3.8) is 0 Å². The lowest BCUT2D eigenvalue weighted by atomic mass is 9.64. The fraction of sp³-hybridized carbons (Fsp3) is 0.538. The lowest BCUT2D eigenvalue weighted by Crippen LogP contribution is -2.24. The molecule has 1 saturated carbocycles. The van der Waals surface area contributed by atoms with Crippen molar-refractivity contribution in [1.82, 2.24) is 0 Å². The Morgan fingerprint density at radius 1 is 1.31 bits per heavy atom. The molecular weight excluding hydrogens is 199 g/mol. The first-order valence-electron chi connectivity index (χ1n) is 6.24. The highest BCUT2D eigenvalue weighted by atomic mass is 16.5. The smallest absolute Gasteiger partial charge is 0.324 e. The van der Waals surface area contributed by atoms with Crippen molar-refractivity contribution in [2.75, 3.05) is 0 Å². The van der Waals surface area contributed by atoms with Crippen LogP contribution in [0.15, 0.2) is 18.2 Å². The Morgan fingerprint density at radius 2 is 2.12 bits per heavy atom. The van der Waals surface area contributed by atoms with Gasteiger partial charge >= 0.3 is 6.92 Å². The molecule has 0 unspecified atom stereocenters. The highest BCUT2D eigenvalue weighted by molar-refractivity contribution is 6.67. The number of hydrogen-bond donors (Lipinski definition) is 0. The van der Waals surface area contributed by atoms with E-state index in [9.17, 15) is 0 Å². The predicted molar refractivity (Wildman–Crippen MR) is 65.4 cm³/mol. The molecule has 1 aliphatic heterocycles. The van der Waals surface area contributed by atoms with E-state index >= 15 is 0 Å². The van der Waals surface area contributed by atoms with Crippen LogP contribution in [0.4, 0.5) is 0 Å². The predicted octanol–water partition coefficient (Wildman–Crippen LogP) is 2.37. The number of ether oxygens (including phenoxy) is 1. The summed E-state index contributed by atoms with van der Waals surface area (Å²) in [7, 11) is 0. The Morgan fingerprint density at radius 3 is 2.94 bits per heavy atom. The standard InChI is InChI=1S/C13H17BO2/c1-14-13-8-12(7-6-10(13)9-15-14)16-11-4-2-3-5-11/h6-8,11H,2-5,9H2,1H3. The highest BCUT2D eigenvalue weighted by Gasteiger charge is 2.24. The first kappa shape index (κ1) is 10.2. The lowest BCUT2D eigenvalue weighted by Gasteiger charge is -2.14. The van der Waals surface area contributed by atoms with Crippen LogP contribution in [0.3, 0.4) is 0 Å². The van der Waals surface area contributed by atoms with E-state index in [0.29, 0.717) is 6.10 Å². The minimum atomic E-state index is 0.224. The second-order valence-corrected chi connectivity index (χ2v) is 4.84. The summed E-state index contributed by atoms with van der Waals surface area (Å²) in [6.45, 7) is 3.08. The third kappa shape index (κ3) is 1.84. The first-order chi connectivity index (χ1) is 7.83. The van der Waals surface area contributed by atoms with Crippen LogP contribution >= 0.6 is 0 Å². The molecule has 84 valence electrons. The molecule has 2 nitrogen and oxygen atoms in total. The summed E-state index contributed by atoms with van der Waals surface area (Å²) in [6.07, 6.45) is 5.49. The maximum absolute atomic E-state index is 5.99. The topological polar surface area (TPSA) is 18.5 Å². The minimum absolute atomic E-state index is 0.224. The average Bonchev–Trinajstić information content (AvgIpc) is 2.90. The van der Waals surface area contributed by atoms with Gasteiger partial charge in [0, 0.05) is 0 Å². The molecule has 1 fully saturated rings. The van der Waals surface area contributed by atoms with Crippen molar-refractivity contribution in [2.24, 2.45) is 0 Å². The molecule has 3 heteroatoms. The average molecular weight is 216 g/mol. The molecule has 1 aliphatic carbocycles. The van der Waals surface area contributed by atoms with E-state index < -0.39 is 0 Å². The van der Waals surface area contributed by atoms with Crippen LogP contribution in [0.2, 0.25) is 6.82 Å². The second kappa shape index (κ2) is 4.13. The van der Waals surface area contributed by atoms with Crippen LogP contribution in [0, 0.1) is 0 Å². The van der Waals surface area contributed by atoms with Gasteiger partial charge in [0.2, 0.25) is 0 Å². The molecule has 0 N–H and O–H groups in total. The second-order valence-electron chi connectivity index (χ2n) is 4.84. The molecule has 1 aromatic carbocycles. The molecule has 16 heavy (non-hydrogen) atoms. The summed E-state index contributed by atoms with van der Waals surface area (Å²) in [5.41, 5.74) is 2.61. The minimum Gasteiger partial charge on any atom is -0.490 e. The normalized spacial score (nSPS) is 20.2. The molecule has 0 atom stereocenters. The summed E-state index contributed by atoms with van der Waals surface area (Å²) in [4.78, 5) is 0. The Bertz CT molecular complexity index is 386. The van der Waals surface area contributed by atoms with Gasteiger partial charge in [-0.15, -0.1) is 0 Å². The van der Waals surface area contributed by atoms with E-state index in [0.717, 1.165) is 12.4 Å². The van der Waals surface area contributed by atoms with Crippen LogP contribution in [0.5, 0.6) is 5.75 Å². The Balaban J connectivity index is 1.78. The van der Waals surface area contributed by atoms with E-state index in [1.54, 1.807) is 0 Å². The van der Waals surface area contributed by atoms with Crippen LogP contribution in [-0.4, -0.2) is 13.0 Å². The summed E-state index contributed by atoms with van der Waals surface area (Å²) < 4.78 is 11.6. The van der Waals surface area contributed by atoms with Gasteiger partial charge in [-0.1, -0.05) is 12.9 Å². The SMILES string of the molecule is CB1OCc2ccc(OC3CCCC3)cc21. The van der Waals surface area contributed by atoms with Gasteiger partial charge in [-0.2, -0.15) is 0 Å². The lowest BCUT2D eigenvalue weighted by molar-refractivity contribution is 0.210. The number of benzene rings is 1. The van der Waals surface area contributed by atoms with Crippen molar-refractivity contribution in [3.8, 4) is 5.75 Å². The highest BCUT2D eigenvalue weighted by Crippen LogP contribution is 2.24. The fourth-order valence-electron chi connectivity index (χ4n) is 2.66. The number of hydrogen-bond acceptors (Lipinski definition) is 2. The van der Waals surface area contributed by atoms with Gasteiger partial charge in [0.15, 0.2) is 0 Å². The molecule has 0 aromatic heterocycles. The van der Waals surface area contributed by atoms with Crippen LogP contribution < -0.4 is 10.2 Å². The Kier molecular flexibility index (Phi) is 2.64. The molecular formula is C13H17BO2. The zero-order valence-electron chi connectivity index (χ0n) is 9.74. The largest absolute Gasteiger partial charge is 0.490 e. The summed E-state index contributed by atoms with van der Waals surface area (Å²) in [6, 6.07) is 6.38. The van der Waals surface area contributed by atoms with E-state index in [1.165, 1.54) is 36.7 Å². The van der Waals surface area contributed by atoms with Crippen molar-refractivity contribution in [1.29, 1.82) is 0 Å². The molecule has 0 bridgehead atoms. The summed E-state index contributed by atoms with van der Waals surface area (Å²) >= 11 is 0. The zero-order valence-corrected chi connectivity index (χ0v) is 9.74. The molecule has 3 rings (SSSR count). The van der Waals surface area contributed by atoms with Gasteiger partial charge in [-0.25, -0.2) is 0 Å². The zero-order chi connectivity index (χ0) is 11.0. The maximum atomic E-state index is 5.99. The van der Waals surface area contributed by atoms with Gasteiger partial charge in [-0.05, 0) is 48.8 Å². The van der Waals surface area contributed by atoms with Crippen LogP contribution in [0.1, 0.15) is 31.2 Å². The monoisotopic (exact) mass is 216 g/mol. The van der Waals surface area contributed by atoms with Gasteiger partial charge in [-0.3, -0.25) is 0 Å². The third-order valence-electron chi connectivity index (χ3n) is 3.65. The van der Waals surface area contributed by atoms with Crippen LogP contribution in [-0.2, 0) is 11.3 Å². The third-order valence-corrected chi connectivity index (χ3v) is 3.65. The van der Waals surface area contributed by atoms with Crippen molar-refractivity contribution < 1.29 is 9.39 Å². The van der Waals surface area contributed by atoms with Crippen molar-refractivity contribution in [2.45, 2.75) is 45.2 Å². The van der Waals surface area contributed by atoms with Crippen molar-refractivity contribution in [3.05, 3.63) is 23.8 Å². The van der Waals surface area contributed by atoms with E-state index in [-0.39, 0.29) is 6.92 Å². The molecule has 0 radical (unpaired) electrons. The quantitative estimate of drug-likeness (QED) is 0.706. The van der Waals surface area contributed by atoms with Gasteiger partial charge < -0.3 is 9.39 Å². The number of fused-ring (bicyclic) bond motifs is 1. The maximum Gasteiger partial charge on any atom is 0.324 e. The molecule has 2 aliphatic rings.